The fourth-order valence-corrected chi connectivity index (χ4v) is 0.689. The van der Waals surface area contributed by atoms with Crippen molar-refractivity contribution in [3.8, 4) is 0 Å². The topological polar surface area (TPSA) is 46.5 Å². The van der Waals surface area contributed by atoms with Crippen LogP contribution < -0.4 is 0 Å². The third-order valence-corrected chi connectivity index (χ3v) is 1.33. The highest BCUT2D eigenvalue weighted by Crippen LogP contribution is 1.80. The van der Waals surface area contributed by atoms with Crippen LogP contribution >= 0.6 is 0 Å². The van der Waals surface area contributed by atoms with Gasteiger partial charge in [-0.15, -0.1) is 0 Å². The quantitative estimate of drug-likeness (QED) is 0.751. The normalized spacial score (nSPS) is 8.64. The Morgan fingerprint density at radius 3 is 1.86 bits per heavy atom. The number of carboxylic acids is 1. The van der Waals surface area contributed by atoms with E-state index in [4.69, 9.17) is 9.84 Å². The highest BCUT2D eigenvalue weighted by atomic mass is 16.5. The number of aliphatic carboxylic acids is 1. The van der Waals surface area contributed by atoms with Gasteiger partial charge in [-0.1, -0.05) is 36.4 Å². The smallest absolute Gasteiger partial charge is 0.305 e. The van der Waals surface area contributed by atoms with Crippen molar-refractivity contribution in [3.63, 3.8) is 0 Å². The predicted molar refractivity (Wildman–Crippen MR) is 55.2 cm³/mol. The summed E-state index contributed by atoms with van der Waals surface area (Å²) in [6.07, 6.45) is 0.105. The lowest BCUT2D eigenvalue weighted by molar-refractivity contribution is -0.138. The van der Waals surface area contributed by atoms with Crippen LogP contribution in [0.5, 0.6) is 0 Å². The van der Waals surface area contributed by atoms with E-state index < -0.39 is 5.97 Å². The van der Waals surface area contributed by atoms with Gasteiger partial charge in [0, 0.05) is 6.61 Å². The number of carbonyl (C=O) groups is 1. The van der Waals surface area contributed by atoms with Crippen molar-refractivity contribution >= 4 is 5.97 Å². The molecule has 0 saturated heterocycles. The molecule has 0 atom stereocenters. The SMILES string of the molecule is CCOCCC(=O)O.c1ccccc1. The van der Waals surface area contributed by atoms with Crippen LogP contribution in [0.25, 0.3) is 0 Å². The van der Waals surface area contributed by atoms with Crippen LogP contribution in [0.2, 0.25) is 0 Å². The molecule has 3 heteroatoms. The molecule has 0 aliphatic heterocycles. The van der Waals surface area contributed by atoms with Crippen LogP contribution in [0.4, 0.5) is 0 Å². The van der Waals surface area contributed by atoms with Gasteiger partial charge in [0.2, 0.25) is 0 Å². The lowest BCUT2D eigenvalue weighted by Gasteiger charge is -1.93. The van der Waals surface area contributed by atoms with E-state index in [1.807, 2.05) is 43.3 Å². The predicted octanol–water partition coefficient (Wildman–Crippen LogP) is 2.18. The molecule has 1 aromatic rings. The summed E-state index contributed by atoms with van der Waals surface area (Å²) in [6, 6.07) is 12.0. The molecular weight excluding hydrogens is 180 g/mol. The zero-order chi connectivity index (χ0) is 10.6. The second-order valence-corrected chi connectivity index (χ2v) is 2.50. The van der Waals surface area contributed by atoms with Crippen molar-refractivity contribution in [2.75, 3.05) is 13.2 Å². The highest BCUT2D eigenvalue weighted by molar-refractivity contribution is 5.66. The van der Waals surface area contributed by atoms with Crippen molar-refractivity contribution in [2.24, 2.45) is 0 Å². The van der Waals surface area contributed by atoms with E-state index >= 15 is 0 Å². The van der Waals surface area contributed by atoms with Gasteiger partial charge in [-0.2, -0.15) is 0 Å². The molecule has 0 aromatic heterocycles. The summed E-state index contributed by atoms with van der Waals surface area (Å²) in [5, 5.41) is 8.06. The minimum atomic E-state index is -0.807. The first kappa shape index (κ1) is 12.7. The highest BCUT2D eigenvalue weighted by Gasteiger charge is 1.92. The summed E-state index contributed by atoms with van der Waals surface area (Å²) < 4.78 is 4.76. The Balaban J connectivity index is 0.000000249. The molecule has 14 heavy (non-hydrogen) atoms. The van der Waals surface area contributed by atoms with Crippen LogP contribution in [0.15, 0.2) is 36.4 Å². The molecule has 0 amide bonds. The van der Waals surface area contributed by atoms with Crippen molar-refractivity contribution < 1.29 is 14.6 Å². The summed E-state index contributed by atoms with van der Waals surface area (Å²) >= 11 is 0. The van der Waals surface area contributed by atoms with E-state index in [1.165, 1.54) is 0 Å². The van der Waals surface area contributed by atoms with Crippen LogP contribution in [0.3, 0.4) is 0 Å². The van der Waals surface area contributed by atoms with E-state index in [-0.39, 0.29) is 6.42 Å². The summed E-state index contributed by atoms with van der Waals surface area (Å²) in [6.45, 7) is 2.75. The van der Waals surface area contributed by atoms with Gasteiger partial charge in [-0.25, -0.2) is 0 Å². The molecule has 1 N–H and O–H groups in total. The molecular formula is C11H16O3. The van der Waals surface area contributed by atoms with Crippen molar-refractivity contribution in [1.29, 1.82) is 0 Å². The summed E-state index contributed by atoms with van der Waals surface area (Å²) in [5.74, 6) is -0.807. The molecule has 0 spiro atoms. The van der Waals surface area contributed by atoms with Crippen molar-refractivity contribution in [1.82, 2.24) is 0 Å². The zero-order valence-electron chi connectivity index (χ0n) is 8.35. The molecule has 1 rings (SSSR count). The van der Waals surface area contributed by atoms with Gasteiger partial charge >= 0.3 is 5.97 Å². The molecule has 1 aromatic carbocycles. The van der Waals surface area contributed by atoms with Crippen LogP contribution in [-0.4, -0.2) is 24.3 Å². The Morgan fingerprint density at radius 2 is 1.57 bits per heavy atom. The van der Waals surface area contributed by atoms with Gasteiger partial charge in [0.15, 0.2) is 0 Å². The lowest BCUT2D eigenvalue weighted by atomic mass is 10.4. The van der Waals surface area contributed by atoms with Crippen LogP contribution in [0, 0.1) is 0 Å². The lowest BCUT2D eigenvalue weighted by Crippen LogP contribution is -2.01. The average Bonchev–Trinajstić information content (AvgIpc) is 2.21. The second kappa shape index (κ2) is 9.74. The number of hydrogen-bond donors (Lipinski definition) is 1. The molecule has 0 heterocycles. The number of ether oxygens (including phenoxy) is 1. The Labute approximate surface area is 84.3 Å². The maximum absolute atomic E-state index is 9.79. The molecule has 0 aliphatic rings. The summed E-state index contributed by atoms with van der Waals surface area (Å²) in [7, 11) is 0. The molecule has 3 nitrogen and oxygen atoms in total. The standard InChI is InChI=1S/C6H6.C5H10O3/c1-2-4-6-5-3-1;1-2-8-4-3-5(6)7/h1-6H;2-4H2,1H3,(H,6,7). The summed E-state index contributed by atoms with van der Waals surface area (Å²) in [5.41, 5.74) is 0. The van der Waals surface area contributed by atoms with Crippen LogP contribution in [0.1, 0.15) is 13.3 Å². The molecule has 0 unspecified atom stereocenters. The number of carboxylic acid groups (broad SMARTS) is 1. The maximum Gasteiger partial charge on any atom is 0.305 e. The van der Waals surface area contributed by atoms with E-state index in [0.29, 0.717) is 13.2 Å². The first-order chi connectivity index (χ1) is 6.77. The Hall–Kier alpha value is -1.35. The van der Waals surface area contributed by atoms with Gasteiger partial charge in [0.1, 0.15) is 0 Å². The van der Waals surface area contributed by atoms with Crippen molar-refractivity contribution in [3.05, 3.63) is 36.4 Å². The molecule has 0 bridgehead atoms. The molecule has 0 aliphatic carbocycles. The largest absolute Gasteiger partial charge is 0.481 e. The van der Waals surface area contributed by atoms with E-state index in [1.54, 1.807) is 0 Å². The third kappa shape index (κ3) is 10.7. The number of benzene rings is 1. The van der Waals surface area contributed by atoms with E-state index in [9.17, 15) is 4.79 Å². The summed E-state index contributed by atoms with van der Waals surface area (Å²) in [4.78, 5) is 9.79. The average molecular weight is 196 g/mol. The second-order valence-electron chi connectivity index (χ2n) is 2.50. The van der Waals surface area contributed by atoms with Gasteiger partial charge in [-0.3, -0.25) is 4.79 Å². The Morgan fingerprint density at radius 1 is 1.14 bits per heavy atom. The van der Waals surface area contributed by atoms with E-state index in [0.717, 1.165) is 0 Å². The Bertz CT molecular complexity index is 195. The fraction of sp³-hybridized carbons (Fsp3) is 0.364. The van der Waals surface area contributed by atoms with Gasteiger partial charge in [-0.05, 0) is 6.92 Å². The Kier molecular flexibility index (Phi) is 8.80. The minimum Gasteiger partial charge on any atom is -0.481 e. The van der Waals surface area contributed by atoms with Gasteiger partial charge in [0.05, 0.1) is 13.0 Å². The van der Waals surface area contributed by atoms with E-state index in [2.05, 4.69) is 0 Å². The minimum absolute atomic E-state index is 0.105. The number of rotatable bonds is 4. The molecule has 0 saturated carbocycles. The first-order valence-corrected chi connectivity index (χ1v) is 4.57. The van der Waals surface area contributed by atoms with Gasteiger partial charge < -0.3 is 9.84 Å². The third-order valence-electron chi connectivity index (χ3n) is 1.33. The fourth-order valence-electron chi connectivity index (χ4n) is 0.689. The molecule has 78 valence electrons. The monoisotopic (exact) mass is 196 g/mol. The van der Waals surface area contributed by atoms with Crippen molar-refractivity contribution in [2.45, 2.75) is 13.3 Å². The van der Waals surface area contributed by atoms with Gasteiger partial charge in [0.25, 0.3) is 0 Å². The molecule has 0 fully saturated rings. The molecule has 0 radical (unpaired) electrons. The first-order valence-electron chi connectivity index (χ1n) is 4.57. The zero-order valence-corrected chi connectivity index (χ0v) is 8.35. The van der Waals surface area contributed by atoms with Crippen LogP contribution in [-0.2, 0) is 9.53 Å². The maximum atomic E-state index is 9.79. The number of hydrogen-bond acceptors (Lipinski definition) is 2.